The molecule has 1 aliphatic carbocycles. The molecule has 2 aliphatic rings. The van der Waals surface area contributed by atoms with Crippen LogP contribution in [0.3, 0.4) is 0 Å². The second-order valence-electron chi connectivity index (χ2n) is 5.75. The molecule has 0 amide bonds. The van der Waals surface area contributed by atoms with Gasteiger partial charge in [-0.25, -0.2) is 8.78 Å². The van der Waals surface area contributed by atoms with Gasteiger partial charge in [0.25, 0.3) is 0 Å². The lowest BCUT2D eigenvalue weighted by Gasteiger charge is -2.43. The Balaban J connectivity index is 1.78. The van der Waals surface area contributed by atoms with E-state index in [4.69, 9.17) is 0 Å². The lowest BCUT2D eigenvalue weighted by Crippen LogP contribution is -2.53. The van der Waals surface area contributed by atoms with E-state index in [0.717, 1.165) is 26.2 Å². The normalized spacial score (nSPS) is 28.8. The highest BCUT2D eigenvalue weighted by Crippen LogP contribution is 2.35. The van der Waals surface area contributed by atoms with Crippen LogP contribution in [0.1, 0.15) is 39.5 Å². The summed E-state index contributed by atoms with van der Waals surface area (Å²) in [5.74, 6) is -2.39. The van der Waals surface area contributed by atoms with Crippen LogP contribution in [0.15, 0.2) is 0 Å². The van der Waals surface area contributed by atoms with Crippen molar-refractivity contribution < 1.29 is 8.78 Å². The van der Waals surface area contributed by atoms with Crippen LogP contribution in [0.4, 0.5) is 8.78 Å². The van der Waals surface area contributed by atoms with E-state index in [-0.39, 0.29) is 12.8 Å². The third kappa shape index (κ3) is 3.38. The number of halogens is 2. The van der Waals surface area contributed by atoms with Crippen LogP contribution in [0.5, 0.6) is 0 Å². The summed E-state index contributed by atoms with van der Waals surface area (Å²) in [5, 5.41) is 0. The second kappa shape index (κ2) is 5.19. The van der Waals surface area contributed by atoms with Gasteiger partial charge >= 0.3 is 0 Å². The van der Waals surface area contributed by atoms with Crippen LogP contribution in [-0.4, -0.2) is 54.0 Å². The fourth-order valence-electron chi connectivity index (χ4n) is 3.01. The molecular formula is C13H24F2N2. The summed E-state index contributed by atoms with van der Waals surface area (Å²) in [4.78, 5) is 4.89. The largest absolute Gasteiger partial charge is 0.298 e. The Morgan fingerprint density at radius 2 is 1.53 bits per heavy atom. The van der Waals surface area contributed by atoms with E-state index < -0.39 is 5.92 Å². The topological polar surface area (TPSA) is 6.48 Å². The van der Waals surface area contributed by atoms with Crippen molar-refractivity contribution in [2.75, 3.05) is 26.2 Å². The third-order valence-corrected chi connectivity index (χ3v) is 4.28. The first-order chi connectivity index (χ1) is 7.98. The van der Waals surface area contributed by atoms with Crippen LogP contribution in [-0.2, 0) is 0 Å². The van der Waals surface area contributed by atoms with E-state index in [1.165, 1.54) is 0 Å². The van der Waals surface area contributed by atoms with Gasteiger partial charge in [-0.2, -0.15) is 0 Å². The molecule has 2 rings (SSSR count). The molecule has 2 fully saturated rings. The van der Waals surface area contributed by atoms with Crippen molar-refractivity contribution in [1.82, 2.24) is 9.80 Å². The van der Waals surface area contributed by atoms with Crippen LogP contribution in [0.2, 0.25) is 0 Å². The molecule has 2 nitrogen and oxygen atoms in total. The van der Waals surface area contributed by atoms with Crippen molar-refractivity contribution in [2.24, 2.45) is 0 Å². The summed E-state index contributed by atoms with van der Waals surface area (Å²) in [6.07, 6.45) is 1.52. The van der Waals surface area contributed by atoms with Gasteiger partial charge in [-0.3, -0.25) is 9.80 Å². The molecule has 0 aromatic carbocycles. The fraction of sp³-hybridized carbons (Fsp3) is 1.00. The van der Waals surface area contributed by atoms with Crippen LogP contribution in [0.25, 0.3) is 0 Å². The van der Waals surface area contributed by atoms with Gasteiger partial charge in [-0.15, -0.1) is 0 Å². The van der Waals surface area contributed by atoms with Gasteiger partial charge in [-0.05, 0) is 26.7 Å². The Hall–Kier alpha value is -0.220. The average molecular weight is 246 g/mol. The molecule has 0 radical (unpaired) electrons. The number of hydrogen-bond acceptors (Lipinski definition) is 2. The Labute approximate surface area is 103 Å². The lowest BCUT2D eigenvalue weighted by atomic mass is 9.91. The van der Waals surface area contributed by atoms with Gasteiger partial charge in [0, 0.05) is 51.1 Å². The molecule has 1 saturated heterocycles. The van der Waals surface area contributed by atoms with Gasteiger partial charge in [0.1, 0.15) is 0 Å². The molecule has 1 aliphatic heterocycles. The Morgan fingerprint density at radius 3 is 2.00 bits per heavy atom. The first-order valence-electron chi connectivity index (χ1n) is 6.84. The first kappa shape index (κ1) is 13.2. The Kier molecular flexibility index (Phi) is 4.03. The van der Waals surface area contributed by atoms with Gasteiger partial charge in [0.05, 0.1) is 0 Å². The summed E-state index contributed by atoms with van der Waals surface area (Å²) >= 11 is 0. The zero-order valence-electron chi connectivity index (χ0n) is 11.0. The smallest absolute Gasteiger partial charge is 0.248 e. The zero-order chi connectivity index (χ0) is 12.5. The zero-order valence-corrected chi connectivity index (χ0v) is 11.0. The summed E-state index contributed by atoms with van der Waals surface area (Å²) in [5.41, 5.74) is 0. The van der Waals surface area contributed by atoms with E-state index >= 15 is 0 Å². The molecule has 0 aromatic rings. The van der Waals surface area contributed by atoms with Gasteiger partial charge in [0.15, 0.2) is 0 Å². The molecular weight excluding hydrogens is 222 g/mol. The highest BCUT2D eigenvalue weighted by molar-refractivity contribution is 4.86. The molecule has 0 aromatic heterocycles. The van der Waals surface area contributed by atoms with Gasteiger partial charge in [0.2, 0.25) is 5.92 Å². The van der Waals surface area contributed by atoms with Gasteiger partial charge in [-0.1, -0.05) is 0 Å². The van der Waals surface area contributed by atoms with Crippen molar-refractivity contribution in [3.05, 3.63) is 0 Å². The fourth-order valence-corrected chi connectivity index (χ4v) is 3.01. The lowest BCUT2D eigenvalue weighted by molar-refractivity contribution is -0.0587. The number of hydrogen-bond donors (Lipinski definition) is 0. The van der Waals surface area contributed by atoms with E-state index in [1.807, 2.05) is 0 Å². The predicted molar refractivity (Wildman–Crippen MR) is 65.5 cm³/mol. The Bertz CT molecular complexity index is 238. The highest BCUT2D eigenvalue weighted by atomic mass is 19.3. The van der Waals surface area contributed by atoms with Crippen LogP contribution >= 0.6 is 0 Å². The number of alkyl halides is 2. The summed E-state index contributed by atoms with van der Waals surface area (Å²) in [6, 6.07) is 1.01. The van der Waals surface area contributed by atoms with E-state index in [1.54, 1.807) is 0 Å². The van der Waals surface area contributed by atoms with E-state index in [9.17, 15) is 8.78 Å². The minimum Gasteiger partial charge on any atom is -0.298 e. The maximum atomic E-state index is 13.1. The minimum atomic E-state index is -2.39. The van der Waals surface area contributed by atoms with E-state index in [0.29, 0.717) is 24.9 Å². The molecule has 4 heteroatoms. The standard InChI is InChI=1S/C13H24F2N2/c1-11(2)16-7-9-17(10-8-16)12-3-5-13(14,15)6-4-12/h11-12H,3-10H2,1-2H3. The highest BCUT2D eigenvalue weighted by Gasteiger charge is 2.37. The van der Waals surface area contributed by atoms with Gasteiger partial charge < -0.3 is 0 Å². The molecule has 1 saturated carbocycles. The van der Waals surface area contributed by atoms with Crippen LogP contribution in [0, 0.1) is 0 Å². The number of nitrogens with zero attached hydrogens (tertiary/aromatic N) is 2. The van der Waals surface area contributed by atoms with Crippen LogP contribution < -0.4 is 0 Å². The average Bonchev–Trinajstić information content (AvgIpc) is 2.29. The van der Waals surface area contributed by atoms with E-state index in [2.05, 4.69) is 23.6 Å². The maximum Gasteiger partial charge on any atom is 0.248 e. The molecule has 0 unspecified atom stereocenters. The Morgan fingerprint density at radius 1 is 1.00 bits per heavy atom. The minimum absolute atomic E-state index is 0.0854. The van der Waals surface area contributed by atoms with Crippen molar-refractivity contribution >= 4 is 0 Å². The molecule has 100 valence electrons. The summed E-state index contributed by atoms with van der Waals surface area (Å²) in [6.45, 7) is 8.71. The molecule has 17 heavy (non-hydrogen) atoms. The second-order valence-corrected chi connectivity index (χ2v) is 5.75. The van der Waals surface area contributed by atoms with Crippen molar-refractivity contribution in [3.8, 4) is 0 Å². The molecule has 0 spiro atoms. The van der Waals surface area contributed by atoms with Crippen molar-refractivity contribution in [1.29, 1.82) is 0 Å². The molecule has 1 heterocycles. The predicted octanol–water partition coefficient (Wildman–Crippen LogP) is 2.59. The SMILES string of the molecule is CC(C)N1CCN(C2CCC(F)(F)CC2)CC1. The number of rotatable bonds is 2. The summed E-state index contributed by atoms with van der Waals surface area (Å²) < 4.78 is 26.2. The number of piperazine rings is 1. The monoisotopic (exact) mass is 246 g/mol. The van der Waals surface area contributed by atoms with Crippen molar-refractivity contribution in [2.45, 2.75) is 57.5 Å². The molecule has 0 bridgehead atoms. The maximum absolute atomic E-state index is 13.1. The summed E-state index contributed by atoms with van der Waals surface area (Å²) in [7, 11) is 0. The molecule has 0 N–H and O–H groups in total. The third-order valence-electron chi connectivity index (χ3n) is 4.28. The van der Waals surface area contributed by atoms with Crippen molar-refractivity contribution in [3.63, 3.8) is 0 Å². The quantitative estimate of drug-likeness (QED) is 0.739. The first-order valence-corrected chi connectivity index (χ1v) is 6.84. The molecule has 0 atom stereocenters.